The second-order valence-corrected chi connectivity index (χ2v) is 4.87. The van der Waals surface area contributed by atoms with Crippen molar-refractivity contribution in [1.82, 2.24) is 0 Å². The summed E-state index contributed by atoms with van der Waals surface area (Å²) in [4.78, 5) is 22.3. The Hall–Kier alpha value is -2.41. The van der Waals surface area contributed by atoms with Gasteiger partial charge in [-0.25, -0.2) is 0 Å². The zero-order valence-corrected chi connectivity index (χ0v) is 11.5. The standard InChI is InChI=1S/C13H12N2O4S/c1-2-19-10-5-3-9(4-6-10)14-13(16)11-7-8-12(20-11)15(17)18/h3-8H,2H2,1H3,(H,14,16). The quantitative estimate of drug-likeness (QED) is 0.677. The van der Waals surface area contributed by atoms with Gasteiger partial charge in [-0.05, 0) is 37.3 Å². The van der Waals surface area contributed by atoms with Crippen molar-refractivity contribution < 1.29 is 14.5 Å². The first-order valence-corrected chi connectivity index (χ1v) is 6.70. The smallest absolute Gasteiger partial charge is 0.324 e. The summed E-state index contributed by atoms with van der Waals surface area (Å²) in [6.07, 6.45) is 0. The number of thiophene rings is 1. The van der Waals surface area contributed by atoms with Crippen LogP contribution in [-0.4, -0.2) is 17.4 Å². The van der Waals surface area contributed by atoms with Crippen molar-refractivity contribution in [2.45, 2.75) is 6.92 Å². The minimum atomic E-state index is -0.516. The van der Waals surface area contributed by atoms with E-state index in [9.17, 15) is 14.9 Å². The maximum Gasteiger partial charge on any atom is 0.324 e. The topological polar surface area (TPSA) is 81.5 Å². The summed E-state index contributed by atoms with van der Waals surface area (Å²) in [6.45, 7) is 2.46. The van der Waals surface area contributed by atoms with E-state index >= 15 is 0 Å². The Bertz CT molecular complexity index is 622. The number of nitrogens with one attached hydrogen (secondary N) is 1. The van der Waals surface area contributed by atoms with Gasteiger partial charge in [0, 0.05) is 11.8 Å². The van der Waals surface area contributed by atoms with E-state index in [-0.39, 0.29) is 10.9 Å². The van der Waals surface area contributed by atoms with E-state index in [2.05, 4.69) is 5.32 Å². The lowest BCUT2D eigenvalue weighted by molar-refractivity contribution is -0.380. The second-order valence-electron chi connectivity index (χ2n) is 3.81. The molecular weight excluding hydrogens is 280 g/mol. The highest BCUT2D eigenvalue weighted by molar-refractivity contribution is 7.17. The van der Waals surface area contributed by atoms with E-state index in [4.69, 9.17) is 4.74 Å². The number of nitro groups is 1. The van der Waals surface area contributed by atoms with Gasteiger partial charge in [0.15, 0.2) is 0 Å². The van der Waals surface area contributed by atoms with E-state index in [1.807, 2.05) is 6.92 Å². The molecule has 104 valence electrons. The number of ether oxygens (including phenoxy) is 1. The maximum absolute atomic E-state index is 11.9. The second kappa shape index (κ2) is 6.16. The molecule has 0 radical (unpaired) electrons. The molecule has 1 aromatic carbocycles. The van der Waals surface area contributed by atoms with E-state index in [0.29, 0.717) is 17.2 Å². The zero-order chi connectivity index (χ0) is 14.5. The summed E-state index contributed by atoms with van der Waals surface area (Å²) >= 11 is 0.844. The monoisotopic (exact) mass is 292 g/mol. The number of carbonyl (C=O) groups is 1. The van der Waals surface area contributed by atoms with Crippen molar-refractivity contribution in [3.05, 3.63) is 51.4 Å². The first-order valence-electron chi connectivity index (χ1n) is 5.88. The highest BCUT2D eigenvalue weighted by Gasteiger charge is 2.15. The molecule has 1 aromatic heterocycles. The van der Waals surface area contributed by atoms with Gasteiger partial charge in [-0.1, -0.05) is 11.3 Å². The SMILES string of the molecule is CCOc1ccc(NC(=O)c2ccc([N+](=O)[O-])s2)cc1. The third-order valence-electron chi connectivity index (χ3n) is 2.42. The first kappa shape index (κ1) is 14.0. The molecule has 7 heteroatoms. The summed E-state index contributed by atoms with van der Waals surface area (Å²) < 4.78 is 5.29. The van der Waals surface area contributed by atoms with Crippen LogP contribution in [0.4, 0.5) is 10.7 Å². The number of nitrogens with zero attached hydrogens (tertiary/aromatic N) is 1. The van der Waals surface area contributed by atoms with Gasteiger partial charge in [-0.15, -0.1) is 0 Å². The van der Waals surface area contributed by atoms with Crippen molar-refractivity contribution >= 4 is 27.9 Å². The number of amides is 1. The van der Waals surface area contributed by atoms with E-state index < -0.39 is 4.92 Å². The molecule has 1 N–H and O–H groups in total. The summed E-state index contributed by atoms with van der Waals surface area (Å²) in [5, 5.41) is 13.2. The lowest BCUT2D eigenvalue weighted by Gasteiger charge is -2.05. The number of hydrogen-bond donors (Lipinski definition) is 1. The van der Waals surface area contributed by atoms with Crippen LogP contribution in [0.25, 0.3) is 0 Å². The minimum absolute atomic E-state index is 0.0538. The molecule has 0 fully saturated rings. The Labute approximate surface area is 119 Å². The number of benzene rings is 1. The Morgan fingerprint density at radius 3 is 2.55 bits per heavy atom. The van der Waals surface area contributed by atoms with Crippen molar-refractivity contribution in [3.8, 4) is 5.75 Å². The number of hydrogen-bond acceptors (Lipinski definition) is 5. The maximum atomic E-state index is 11.9. The van der Waals surface area contributed by atoms with Crippen LogP contribution >= 0.6 is 11.3 Å². The number of rotatable bonds is 5. The molecule has 1 heterocycles. The molecular formula is C13H12N2O4S. The van der Waals surface area contributed by atoms with Gasteiger partial charge in [0.2, 0.25) is 0 Å². The summed E-state index contributed by atoms with van der Waals surface area (Å²) in [5.41, 5.74) is 0.606. The molecule has 0 unspecified atom stereocenters. The van der Waals surface area contributed by atoms with Crippen LogP contribution in [0.2, 0.25) is 0 Å². The average molecular weight is 292 g/mol. The molecule has 1 amide bonds. The molecule has 0 saturated heterocycles. The number of carbonyl (C=O) groups excluding carboxylic acids is 1. The van der Waals surface area contributed by atoms with Crippen molar-refractivity contribution in [2.75, 3.05) is 11.9 Å². The predicted molar refractivity (Wildman–Crippen MR) is 76.5 cm³/mol. The molecule has 0 saturated carbocycles. The third kappa shape index (κ3) is 3.33. The molecule has 0 bridgehead atoms. The van der Waals surface area contributed by atoms with Gasteiger partial charge in [0.1, 0.15) is 5.75 Å². The Morgan fingerprint density at radius 1 is 1.30 bits per heavy atom. The fourth-order valence-corrected chi connectivity index (χ4v) is 2.26. The first-order chi connectivity index (χ1) is 9.60. The highest BCUT2D eigenvalue weighted by Crippen LogP contribution is 2.25. The normalized spacial score (nSPS) is 10.1. The van der Waals surface area contributed by atoms with Crippen LogP contribution in [0.1, 0.15) is 16.6 Å². The molecule has 2 aromatic rings. The van der Waals surface area contributed by atoms with Gasteiger partial charge in [0.05, 0.1) is 16.4 Å². The average Bonchev–Trinajstić information content (AvgIpc) is 2.91. The van der Waals surface area contributed by atoms with Crippen LogP contribution in [0.15, 0.2) is 36.4 Å². The van der Waals surface area contributed by atoms with Crippen LogP contribution in [-0.2, 0) is 0 Å². The van der Waals surface area contributed by atoms with Gasteiger partial charge < -0.3 is 10.1 Å². The Kier molecular flexibility index (Phi) is 4.31. The molecule has 0 aliphatic carbocycles. The molecule has 0 aliphatic rings. The van der Waals surface area contributed by atoms with Crippen LogP contribution < -0.4 is 10.1 Å². The van der Waals surface area contributed by atoms with E-state index in [1.54, 1.807) is 24.3 Å². The van der Waals surface area contributed by atoms with Gasteiger partial charge in [-0.2, -0.15) is 0 Å². The predicted octanol–water partition coefficient (Wildman–Crippen LogP) is 3.31. The lowest BCUT2D eigenvalue weighted by Crippen LogP contribution is -2.09. The molecule has 0 atom stereocenters. The van der Waals surface area contributed by atoms with Crippen LogP contribution in [0.5, 0.6) is 5.75 Å². The largest absolute Gasteiger partial charge is 0.494 e. The summed E-state index contributed by atoms with van der Waals surface area (Å²) in [7, 11) is 0. The van der Waals surface area contributed by atoms with Gasteiger partial charge >= 0.3 is 5.00 Å². The lowest BCUT2D eigenvalue weighted by atomic mass is 10.3. The number of anilines is 1. The van der Waals surface area contributed by atoms with Crippen LogP contribution in [0, 0.1) is 10.1 Å². The van der Waals surface area contributed by atoms with Crippen molar-refractivity contribution in [2.24, 2.45) is 0 Å². The summed E-state index contributed by atoms with van der Waals surface area (Å²) in [5.74, 6) is 0.351. The van der Waals surface area contributed by atoms with E-state index in [0.717, 1.165) is 17.1 Å². The summed E-state index contributed by atoms with van der Waals surface area (Å²) in [6, 6.07) is 9.67. The van der Waals surface area contributed by atoms with Gasteiger partial charge in [-0.3, -0.25) is 14.9 Å². The van der Waals surface area contributed by atoms with Gasteiger partial charge in [0.25, 0.3) is 5.91 Å². The zero-order valence-electron chi connectivity index (χ0n) is 10.7. The fraction of sp³-hybridized carbons (Fsp3) is 0.154. The third-order valence-corrected chi connectivity index (χ3v) is 3.45. The minimum Gasteiger partial charge on any atom is -0.494 e. The van der Waals surface area contributed by atoms with Crippen LogP contribution in [0.3, 0.4) is 0 Å². The molecule has 2 rings (SSSR count). The molecule has 6 nitrogen and oxygen atoms in total. The molecule has 20 heavy (non-hydrogen) atoms. The highest BCUT2D eigenvalue weighted by atomic mass is 32.1. The Morgan fingerprint density at radius 2 is 2.00 bits per heavy atom. The van der Waals surface area contributed by atoms with Crippen molar-refractivity contribution in [3.63, 3.8) is 0 Å². The fourth-order valence-electron chi connectivity index (χ4n) is 1.54. The Balaban J connectivity index is 2.04. The molecule has 0 aliphatic heterocycles. The molecule has 0 spiro atoms. The van der Waals surface area contributed by atoms with Crippen molar-refractivity contribution in [1.29, 1.82) is 0 Å². The van der Waals surface area contributed by atoms with E-state index in [1.165, 1.54) is 12.1 Å².